The lowest BCUT2D eigenvalue weighted by Gasteiger charge is -2.17. The average molecular weight is 287 g/mol. The number of aromatic nitrogens is 2. The van der Waals surface area contributed by atoms with E-state index in [-0.39, 0.29) is 0 Å². The van der Waals surface area contributed by atoms with Crippen LogP contribution in [0, 0.1) is 0 Å². The number of hydrogen-bond donors (Lipinski definition) is 1. The van der Waals surface area contributed by atoms with Crippen molar-refractivity contribution in [1.82, 2.24) is 15.3 Å². The first-order chi connectivity index (χ1) is 9.70. The monoisotopic (exact) mass is 287 g/mol. The Hall–Kier alpha value is -1.39. The molecule has 1 heterocycles. The van der Waals surface area contributed by atoms with E-state index in [1.54, 1.807) is 24.3 Å². The van der Waals surface area contributed by atoms with Crippen LogP contribution in [0.2, 0.25) is 0 Å². The van der Waals surface area contributed by atoms with E-state index >= 15 is 0 Å². The third-order valence-corrected chi connectivity index (χ3v) is 4.34. The van der Waals surface area contributed by atoms with Crippen LogP contribution in [-0.2, 0) is 0 Å². The Bertz CT molecular complexity index is 511. The molecule has 4 heteroatoms. The average Bonchev–Trinajstić information content (AvgIpc) is 2.49. The fraction of sp³-hybridized carbons (Fsp3) is 0.375. The molecule has 0 aliphatic rings. The van der Waals surface area contributed by atoms with E-state index in [1.165, 1.54) is 11.1 Å². The first kappa shape index (κ1) is 15.0. The van der Waals surface area contributed by atoms with Crippen molar-refractivity contribution in [2.24, 2.45) is 0 Å². The van der Waals surface area contributed by atoms with Gasteiger partial charge >= 0.3 is 0 Å². The Kier molecular flexibility index (Phi) is 5.56. The summed E-state index contributed by atoms with van der Waals surface area (Å²) < 4.78 is 0. The SMILES string of the molecule is CNC(CSc1ccncn1)c1ccc(C(C)C)cc1. The molecular formula is C16H21N3S. The molecule has 3 nitrogen and oxygen atoms in total. The number of nitrogens with one attached hydrogen (secondary N) is 1. The van der Waals surface area contributed by atoms with Gasteiger partial charge in [-0.05, 0) is 30.2 Å². The summed E-state index contributed by atoms with van der Waals surface area (Å²) in [6.07, 6.45) is 3.37. The zero-order valence-electron chi connectivity index (χ0n) is 12.2. The summed E-state index contributed by atoms with van der Waals surface area (Å²) >= 11 is 1.74. The normalized spacial score (nSPS) is 12.6. The Labute approximate surface area is 125 Å². The first-order valence-electron chi connectivity index (χ1n) is 6.86. The van der Waals surface area contributed by atoms with Crippen LogP contribution < -0.4 is 5.32 Å². The molecule has 106 valence electrons. The second kappa shape index (κ2) is 7.41. The molecule has 0 radical (unpaired) electrons. The van der Waals surface area contributed by atoms with Crippen LogP contribution in [0.3, 0.4) is 0 Å². The van der Waals surface area contributed by atoms with Crippen LogP contribution >= 0.6 is 11.8 Å². The molecule has 1 unspecified atom stereocenters. The summed E-state index contributed by atoms with van der Waals surface area (Å²) in [5, 5.41) is 4.39. The lowest BCUT2D eigenvalue weighted by Crippen LogP contribution is -2.18. The molecular weight excluding hydrogens is 266 g/mol. The van der Waals surface area contributed by atoms with Crippen LogP contribution in [0.15, 0.2) is 47.9 Å². The van der Waals surface area contributed by atoms with Crippen LogP contribution in [0.4, 0.5) is 0 Å². The summed E-state index contributed by atoms with van der Waals surface area (Å²) in [5.74, 6) is 1.53. The van der Waals surface area contributed by atoms with E-state index in [0.29, 0.717) is 12.0 Å². The fourth-order valence-electron chi connectivity index (χ4n) is 1.99. The minimum Gasteiger partial charge on any atom is -0.312 e. The highest BCUT2D eigenvalue weighted by atomic mass is 32.2. The third kappa shape index (κ3) is 4.05. The van der Waals surface area contributed by atoms with E-state index in [2.05, 4.69) is 53.4 Å². The molecule has 1 aromatic carbocycles. The van der Waals surface area contributed by atoms with Crippen LogP contribution in [0.1, 0.15) is 36.9 Å². The van der Waals surface area contributed by atoms with Crippen molar-refractivity contribution in [2.45, 2.75) is 30.8 Å². The van der Waals surface area contributed by atoms with Crippen molar-refractivity contribution in [2.75, 3.05) is 12.8 Å². The van der Waals surface area contributed by atoms with Gasteiger partial charge in [0.05, 0.1) is 5.03 Å². The summed E-state index contributed by atoms with van der Waals surface area (Å²) in [5.41, 5.74) is 2.70. The molecule has 0 aliphatic heterocycles. The van der Waals surface area contributed by atoms with Gasteiger partial charge in [-0.25, -0.2) is 9.97 Å². The Morgan fingerprint density at radius 2 is 1.80 bits per heavy atom. The van der Waals surface area contributed by atoms with E-state index in [1.807, 2.05) is 13.1 Å². The predicted molar refractivity (Wildman–Crippen MR) is 85.1 cm³/mol. The highest BCUT2D eigenvalue weighted by Gasteiger charge is 2.10. The quantitative estimate of drug-likeness (QED) is 0.650. The number of hydrogen-bond acceptors (Lipinski definition) is 4. The summed E-state index contributed by atoms with van der Waals surface area (Å²) in [7, 11) is 2.00. The molecule has 1 atom stereocenters. The molecule has 0 spiro atoms. The van der Waals surface area contributed by atoms with Gasteiger partial charge < -0.3 is 5.32 Å². The minimum absolute atomic E-state index is 0.330. The maximum Gasteiger partial charge on any atom is 0.116 e. The highest BCUT2D eigenvalue weighted by Crippen LogP contribution is 2.24. The first-order valence-corrected chi connectivity index (χ1v) is 7.85. The zero-order valence-corrected chi connectivity index (χ0v) is 13.0. The number of benzene rings is 1. The van der Waals surface area contributed by atoms with Crippen molar-refractivity contribution >= 4 is 11.8 Å². The van der Waals surface area contributed by atoms with Crippen molar-refractivity contribution in [3.05, 3.63) is 54.0 Å². The molecule has 0 saturated heterocycles. The van der Waals surface area contributed by atoms with Gasteiger partial charge in [0, 0.05) is 18.0 Å². The summed E-state index contributed by atoms with van der Waals surface area (Å²) in [6, 6.07) is 11.2. The van der Waals surface area contributed by atoms with Crippen molar-refractivity contribution in [3.8, 4) is 0 Å². The van der Waals surface area contributed by atoms with Crippen LogP contribution in [0.5, 0.6) is 0 Å². The van der Waals surface area contributed by atoms with Crippen LogP contribution in [-0.4, -0.2) is 22.8 Å². The maximum atomic E-state index is 4.24. The van der Waals surface area contributed by atoms with Crippen molar-refractivity contribution in [1.29, 1.82) is 0 Å². The smallest absolute Gasteiger partial charge is 0.116 e. The van der Waals surface area contributed by atoms with Gasteiger partial charge in [-0.15, -0.1) is 11.8 Å². The van der Waals surface area contributed by atoms with Gasteiger partial charge in [0.15, 0.2) is 0 Å². The molecule has 20 heavy (non-hydrogen) atoms. The Morgan fingerprint density at radius 3 is 2.35 bits per heavy atom. The number of nitrogens with zero attached hydrogens (tertiary/aromatic N) is 2. The molecule has 2 aromatic rings. The topological polar surface area (TPSA) is 37.8 Å². The fourth-order valence-corrected chi connectivity index (χ4v) is 2.97. The van der Waals surface area contributed by atoms with Gasteiger partial charge in [-0.1, -0.05) is 38.1 Å². The maximum absolute atomic E-state index is 4.24. The van der Waals surface area contributed by atoms with Gasteiger partial charge in [-0.3, -0.25) is 0 Å². The molecule has 0 fully saturated rings. The van der Waals surface area contributed by atoms with Gasteiger partial charge in [-0.2, -0.15) is 0 Å². The predicted octanol–water partition coefficient (Wildman–Crippen LogP) is 3.65. The third-order valence-electron chi connectivity index (χ3n) is 3.31. The van der Waals surface area contributed by atoms with E-state index < -0.39 is 0 Å². The van der Waals surface area contributed by atoms with Crippen LogP contribution in [0.25, 0.3) is 0 Å². The number of thioether (sulfide) groups is 1. The number of rotatable bonds is 6. The van der Waals surface area contributed by atoms with E-state index in [0.717, 1.165) is 10.8 Å². The molecule has 0 saturated carbocycles. The van der Waals surface area contributed by atoms with E-state index in [9.17, 15) is 0 Å². The second-order valence-corrected chi connectivity index (χ2v) is 6.06. The van der Waals surface area contributed by atoms with Gasteiger partial charge in [0.25, 0.3) is 0 Å². The zero-order chi connectivity index (χ0) is 14.4. The summed E-state index contributed by atoms with van der Waals surface area (Å²) in [6.45, 7) is 4.44. The Morgan fingerprint density at radius 1 is 1.10 bits per heavy atom. The lowest BCUT2D eigenvalue weighted by molar-refractivity contribution is 0.660. The van der Waals surface area contributed by atoms with E-state index in [4.69, 9.17) is 0 Å². The highest BCUT2D eigenvalue weighted by molar-refractivity contribution is 7.99. The van der Waals surface area contributed by atoms with Crippen molar-refractivity contribution in [3.63, 3.8) is 0 Å². The minimum atomic E-state index is 0.330. The lowest BCUT2D eigenvalue weighted by atomic mass is 10.00. The molecule has 0 bridgehead atoms. The largest absolute Gasteiger partial charge is 0.312 e. The molecule has 2 rings (SSSR count). The molecule has 0 aliphatic carbocycles. The second-order valence-electron chi connectivity index (χ2n) is 5.02. The van der Waals surface area contributed by atoms with Gasteiger partial charge in [0.1, 0.15) is 6.33 Å². The van der Waals surface area contributed by atoms with Gasteiger partial charge in [0.2, 0.25) is 0 Å². The summed E-state index contributed by atoms with van der Waals surface area (Å²) in [4.78, 5) is 8.18. The molecule has 1 aromatic heterocycles. The van der Waals surface area contributed by atoms with Crippen molar-refractivity contribution < 1.29 is 0 Å². The Balaban J connectivity index is 2.01. The standard InChI is InChI=1S/C16H21N3S/c1-12(2)13-4-6-14(7-5-13)15(17-3)10-20-16-8-9-18-11-19-16/h4-9,11-12,15,17H,10H2,1-3H3. The molecule has 1 N–H and O–H groups in total. The molecule has 0 amide bonds.